The van der Waals surface area contributed by atoms with Gasteiger partial charge in [-0.1, -0.05) is 0 Å². The Bertz CT molecular complexity index is 547. The largest absolute Gasteiger partial charge is 0.394 e. The normalized spacial score (nSPS) is 50.4. The van der Waals surface area contributed by atoms with Crippen LogP contribution in [0.4, 0.5) is 0 Å². The second-order valence-electron chi connectivity index (χ2n) is 8.07. The third kappa shape index (κ3) is 5.10. The third-order valence-corrected chi connectivity index (χ3v) is 5.82. The number of ether oxygens (including phenoxy) is 4. The summed E-state index contributed by atoms with van der Waals surface area (Å²) in [5.74, 6) is 0. The summed E-state index contributed by atoms with van der Waals surface area (Å²) in [6.07, 6.45) is -9.23. The van der Waals surface area contributed by atoms with Crippen molar-refractivity contribution in [1.29, 1.82) is 0 Å². The Morgan fingerprint density at radius 3 is 2.23 bits per heavy atom. The third-order valence-electron chi connectivity index (χ3n) is 5.82. The SMILES string of the molecule is N[C@H]1[C@@H](O[C@H]2[C@H](OC3CNCC(CO)O3)[C@@H](O)[C@H](N)C[C@@H]2N)O[C@H](CO)[C@@H](O)[C@@H]1O. The Hall–Kier alpha value is -0.520. The van der Waals surface area contributed by atoms with Crippen molar-refractivity contribution in [3.05, 3.63) is 0 Å². The average Bonchev–Trinajstić information content (AvgIpc) is 2.74. The maximum absolute atomic E-state index is 10.7. The topological polar surface area (TPSA) is 228 Å². The zero-order chi connectivity index (χ0) is 22.0. The zero-order valence-corrected chi connectivity index (χ0v) is 16.6. The van der Waals surface area contributed by atoms with Gasteiger partial charge in [-0.25, -0.2) is 0 Å². The van der Waals surface area contributed by atoms with Crippen LogP contribution in [-0.2, 0) is 18.9 Å². The average molecular weight is 438 g/mol. The standard InChI is InChI=1S/C17H34N4O9/c18-7-1-8(19)15(30-17-11(20)14(26)13(25)9(5-23)28-17)16(12(7)24)29-10-3-21-2-6(4-22)27-10/h6-17,21-26H,1-5,18-20H2/t6?,7-,8+,9-,10?,11-,12+,13-,14-,15-,16-,17-/m1/s1. The molecule has 3 fully saturated rings. The summed E-state index contributed by atoms with van der Waals surface area (Å²) in [7, 11) is 0. The summed E-state index contributed by atoms with van der Waals surface area (Å²) >= 11 is 0. The van der Waals surface area contributed by atoms with Crippen LogP contribution in [0.1, 0.15) is 6.42 Å². The first kappa shape index (κ1) is 24.1. The molecule has 176 valence electrons. The summed E-state index contributed by atoms with van der Waals surface area (Å²) < 4.78 is 23.0. The molecule has 3 rings (SSSR count). The van der Waals surface area contributed by atoms with Crippen molar-refractivity contribution >= 4 is 0 Å². The lowest BCUT2D eigenvalue weighted by Crippen LogP contribution is -2.68. The van der Waals surface area contributed by atoms with Gasteiger partial charge in [-0.3, -0.25) is 0 Å². The number of nitrogens with one attached hydrogen (secondary N) is 1. The van der Waals surface area contributed by atoms with Gasteiger partial charge in [0.2, 0.25) is 0 Å². The van der Waals surface area contributed by atoms with E-state index >= 15 is 0 Å². The van der Waals surface area contributed by atoms with Crippen molar-refractivity contribution in [2.75, 3.05) is 26.3 Å². The van der Waals surface area contributed by atoms with Gasteiger partial charge in [0.05, 0.1) is 31.5 Å². The summed E-state index contributed by atoms with van der Waals surface area (Å²) in [5.41, 5.74) is 18.2. The van der Waals surface area contributed by atoms with Gasteiger partial charge < -0.3 is 67.0 Å². The lowest BCUT2D eigenvalue weighted by atomic mass is 9.84. The number of nitrogens with two attached hydrogens (primary N) is 3. The van der Waals surface area contributed by atoms with E-state index in [2.05, 4.69) is 5.32 Å². The minimum Gasteiger partial charge on any atom is -0.394 e. The Kier molecular flexibility index (Phi) is 8.36. The first-order valence-electron chi connectivity index (χ1n) is 10.1. The van der Waals surface area contributed by atoms with Crippen molar-refractivity contribution in [2.24, 2.45) is 17.2 Å². The summed E-state index contributed by atoms with van der Waals surface area (Å²) in [6.45, 7) is 0.00950. The fourth-order valence-electron chi connectivity index (χ4n) is 4.02. The summed E-state index contributed by atoms with van der Waals surface area (Å²) in [5, 5.41) is 52.5. The predicted octanol–water partition coefficient (Wildman–Crippen LogP) is -5.75. The van der Waals surface area contributed by atoms with Crippen LogP contribution in [0, 0.1) is 0 Å². The van der Waals surface area contributed by atoms with E-state index in [-0.39, 0.29) is 13.0 Å². The van der Waals surface area contributed by atoms with Crippen LogP contribution in [0.15, 0.2) is 0 Å². The molecule has 13 heteroatoms. The minimum absolute atomic E-state index is 0.202. The Morgan fingerprint density at radius 1 is 0.833 bits per heavy atom. The summed E-state index contributed by atoms with van der Waals surface area (Å²) in [6, 6.07) is -2.46. The zero-order valence-electron chi connectivity index (χ0n) is 16.6. The maximum Gasteiger partial charge on any atom is 0.176 e. The number of hydrogen-bond donors (Lipinski definition) is 9. The first-order valence-corrected chi connectivity index (χ1v) is 10.1. The van der Waals surface area contributed by atoms with Crippen LogP contribution in [0.25, 0.3) is 0 Å². The Labute approximate surface area is 174 Å². The number of hydrogen-bond acceptors (Lipinski definition) is 13. The lowest BCUT2D eigenvalue weighted by molar-refractivity contribution is -0.312. The van der Waals surface area contributed by atoms with Crippen molar-refractivity contribution in [1.82, 2.24) is 5.32 Å². The number of rotatable bonds is 6. The molecule has 2 heterocycles. The van der Waals surface area contributed by atoms with Gasteiger partial charge in [-0.15, -0.1) is 0 Å². The van der Waals surface area contributed by atoms with E-state index < -0.39 is 80.0 Å². The molecule has 0 aromatic rings. The number of aliphatic hydroxyl groups is 5. The Morgan fingerprint density at radius 2 is 1.57 bits per heavy atom. The fourth-order valence-corrected chi connectivity index (χ4v) is 4.02. The van der Waals surface area contributed by atoms with Crippen molar-refractivity contribution in [3.63, 3.8) is 0 Å². The van der Waals surface area contributed by atoms with E-state index in [0.29, 0.717) is 13.1 Å². The van der Waals surface area contributed by atoms with E-state index in [4.69, 9.17) is 36.1 Å². The van der Waals surface area contributed by atoms with Crippen molar-refractivity contribution < 1.29 is 44.5 Å². The fraction of sp³-hybridized carbons (Fsp3) is 1.00. The highest BCUT2D eigenvalue weighted by Gasteiger charge is 2.49. The molecular formula is C17H34N4O9. The lowest BCUT2D eigenvalue weighted by Gasteiger charge is -2.47. The molecule has 1 saturated carbocycles. The molecule has 2 unspecified atom stereocenters. The molecule has 0 radical (unpaired) electrons. The molecule has 0 spiro atoms. The molecule has 2 saturated heterocycles. The van der Waals surface area contributed by atoms with Gasteiger partial charge in [-0.05, 0) is 6.42 Å². The molecular weight excluding hydrogens is 404 g/mol. The minimum atomic E-state index is -1.40. The molecule has 0 aromatic heterocycles. The quantitative estimate of drug-likeness (QED) is 0.188. The van der Waals surface area contributed by atoms with Gasteiger partial charge in [0, 0.05) is 25.2 Å². The van der Waals surface area contributed by atoms with E-state index in [1.54, 1.807) is 0 Å². The van der Waals surface area contributed by atoms with Gasteiger partial charge in [0.15, 0.2) is 12.6 Å². The molecule has 12 atom stereocenters. The van der Waals surface area contributed by atoms with E-state index in [9.17, 15) is 25.5 Å². The van der Waals surface area contributed by atoms with Gasteiger partial charge in [-0.2, -0.15) is 0 Å². The van der Waals surface area contributed by atoms with E-state index in [0.717, 1.165) is 0 Å². The maximum atomic E-state index is 10.7. The van der Waals surface area contributed by atoms with Gasteiger partial charge >= 0.3 is 0 Å². The number of aliphatic hydroxyl groups excluding tert-OH is 5. The van der Waals surface area contributed by atoms with Crippen molar-refractivity contribution in [2.45, 2.75) is 79.9 Å². The molecule has 2 aliphatic heterocycles. The molecule has 0 aromatic carbocycles. The molecule has 30 heavy (non-hydrogen) atoms. The van der Waals surface area contributed by atoms with Crippen LogP contribution < -0.4 is 22.5 Å². The highest BCUT2D eigenvalue weighted by Crippen LogP contribution is 2.29. The van der Waals surface area contributed by atoms with Gasteiger partial charge in [0.1, 0.15) is 30.5 Å². The van der Waals surface area contributed by atoms with Gasteiger partial charge in [0.25, 0.3) is 0 Å². The van der Waals surface area contributed by atoms with Crippen LogP contribution in [-0.4, -0.2) is 125 Å². The molecule has 3 aliphatic rings. The van der Waals surface area contributed by atoms with Crippen molar-refractivity contribution in [3.8, 4) is 0 Å². The highest BCUT2D eigenvalue weighted by molar-refractivity contribution is 5.00. The first-order chi connectivity index (χ1) is 14.3. The van der Waals surface area contributed by atoms with Crippen LogP contribution in [0.5, 0.6) is 0 Å². The molecule has 0 amide bonds. The van der Waals surface area contributed by atoms with Crippen LogP contribution in [0.3, 0.4) is 0 Å². The highest BCUT2D eigenvalue weighted by atomic mass is 16.7. The predicted molar refractivity (Wildman–Crippen MR) is 101 cm³/mol. The number of morpholine rings is 1. The molecule has 0 bridgehead atoms. The van der Waals surface area contributed by atoms with Crippen LogP contribution in [0.2, 0.25) is 0 Å². The van der Waals surface area contributed by atoms with Crippen LogP contribution >= 0.6 is 0 Å². The second-order valence-corrected chi connectivity index (χ2v) is 8.07. The molecule has 13 nitrogen and oxygen atoms in total. The van der Waals surface area contributed by atoms with E-state index in [1.807, 2.05) is 0 Å². The van der Waals surface area contributed by atoms with E-state index in [1.165, 1.54) is 0 Å². The molecule has 12 N–H and O–H groups in total. The smallest absolute Gasteiger partial charge is 0.176 e. The Balaban J connectivity index is 1.74. The summed E-state index contributed by atoms with van der Waals surface area (Å²) in [4.78, 5) is 0. The monoisotopic (exact) mass is 438 g/mol. The molecule has 1 aliphatic carbocycles. The second kappa shape index (κ2) is 10.4.